The lowest BCUT2D eigenvalue weighted by Gasteiger charge is -2.23. The van der Waals surface area contributed by atoms with E-state index in [1.54, 1.807) is 27.8 Å². The molecule has 6 nitrogen and oxygen atoms in total. The van der Waals surface area contributed by atoms with E-state index in [1.807, 2.05) is 62.4 Å². The summed E-state index contributed by atoms with van der Waals surface area (Å²) in [5, 5.41) is 8.31. The van der Waals surface area contributed by atoms with E-state index in [9.17, 15) is 9.59 Å². The quantitative estimate of drug-likeness (QED) is 0.394. The first-order chi connectivity index (χ1) is 16.5. The first kappa shape index (κ1) is 26.2. The van der Waals surface area contributed by atoms with Gasteiger partial charge in [0.2, 0.25) is 11.8 Å². The minimum absolute atomic E-state index is 0.0627. The number of hydrogen-bond acceptors (Lipinski definition) is 3. The molecule has 0 radical (unpaired) electrons. The number of amides is 2. The molecule has 3 aromatic rings. The lowest BCUT2D eigenvalue weighted by molar-refractivity contribution is -0.131. The zero-order valence-electron chi connectivity index (χ0n) is 21.0. The molecule has 3 rings (SSSR count). The van der Waals surface area contributed by atoms with Crippen molar-refractivity contribution in [2.24, 2.45) is 5.92 Å². The molecule has 7 heteroatoms. The van der Waals surface area contributed by atoms with Gasteiger partial charge in [0.15, 0.2) is 0 Å². The number of benzene rings is 2. The third-order valence-corrected chi connectivity index (χ3v) is 5.52. The van der Waals surface area contributed by atoms with E-state index in [-0.39, 0.29) is 29.7 Å². The third kappa shape index (κ3) is 7.55. The first-order valence-corrected chi connectivity index (χ1v) is 12.1. The van der Waals surface area contributed by atoms with Crippen LogP contribution in [0.25, 0.3) is 11.8 Å². The third-order valence-electron chi connectivity index (χ3n) is 5.27. The lowest BCUT2D eigenvalue weighted by atomic mass is 9.92. The van der Waals surface area contributed by atoms with Gasteiger partial charge >= 0.3 is 0 Å². The normalized spacial score (nSPS) is 11.7. The number of carbonyl (C=O) groups excluding carboxylic acids is 2. The summed E-state index contributed by atoms with van der Waals surface area (Å²) in [4.78, 5) is 27.6. The molecule has 0 spiro atoms. The van der Waals surface area contributed by atoms with Crippen LogP contribution in [0.1, 0.15) is 45.9 Å². The largest absolute Gasteiger partial charge is 0.330 e. The number of rotatable bonds is 8. The van der Waals surface area contributed by atoms with Gasteiger partial charge in [0.25, 0.3) is 0 Å². The maximum atomic E-state index is 13.1. The molecule has 0 saturated heterocycles. The average Bonchev–Trinajstić information content (AvgIpc) is 3.22. The monoisotopic (exact) mass is 492 g/mol. The maximum absolute atomic E-state index is 13.1. The standard InChI is InChI=1S/C28H33ClN4O2/c1-20(2)18-32(27(35)16-11-21-9-7-6-8-10-21)19-26(34)30-25-17-24(28(3,4)5)31-33(25)23-14-12-22(29)13-15-23/h6-17,20H,18-19H2,1-5H3,(H,30,34). The van der Waals surface area contributed by atoms with Crippen molar-refractivity contribution >= 4 is 35.3 Å². The minimum Gasteiger partial charge on any atom is -0.330 e. The molecular weight excluding hydrogens is 460 g/mol. The number of aromatic nitrogens is 2. The summed E-state index contributed by atoms with van der Waals surface area (Å²) < 4.78 is 1.69. The van der Waals surface area contributed by atoms with Crippen LogP contribution >= 0.6 is 11.6 Å². The van der Waals surface area contributed by atoms with Crippen molar-refractivity contribution in [3.8, 4) is 5.69 Å². The van der Waals surface area contributed by atoms with Gasteiger partial charge in [-0.25, -0.2) is 4.68 Å². The van der Waals surface area contributed by atoms with Gasteiger partial charge < -0.3 is 10.2 Å². The summed E-state index contributed by atoms with van der Waals surface area (Å²) in [6.07, 6.45) is 3.28. The van der Waals surface area contributed by atoms with Gasteiger partial charge in [-0.3, -0.25) is 9.59 Å². The Kier molecular flexibility index (Phi) is 8.52. The summed E-state index contributed by atoms with van der Waals surface area (Å²) in [6.45, 7) is 10.6. The van der Waals surface area contributed by atoms with E-state index < -0.39 is 0 Å². The van der Waals surface area contributed by atoms with E-state index in [2.05, 4.69) is 26.1 Å². The van der Waals surface area contributed by atoms with E-state index in [4.69, 9.17) is 16.7 Å². The van der Waals surface area contributed by atoms with Crippen LogP contribution in [0.4, 0.5) is 5.82 Å². The fourth-order valence-electron chi connectivity index (χ4n) is 3.48. The van der Waals surface area contributed by atoms with Gasteiger partial charge in [-0.05, 0) is 41.8 Å². The smallest absolute Gasteiger partial charge is 0.247 e. The number of nitrogens with zero attached hydrogens (tertiary/aromatic N) is 3. The van der Waals surface area contributed by atoms with Gasteiger partial charge in [0.1, 0.15) is 12.4 Å². The van der Waals surface area contributed by atoms with Gasteiger partial charge in [-0.1, -0.05) is 76.6 Å². The fourth-order valence-corrected chi connectivity index (χ4v) is 3.61. The molecule has 184 valence electrons. The summed E-state index contributed by atoms with van der Waals surface area (Å²) in [6, 6.07) is 18.7. The molecule has 35 heavy (non-hydrogen) atoms. The summed E-state index contributed by atoms with van der Waals surface area (Å²) in [5.41, 5.74) is 2.33. The van der Waals surface area contributed by atoms with Crippen molar-refractivity contribution in [2.75, 3.05) is 18.4 Å². The highest BCUT2D eigenvalue weighted by Crippen LogP contribution is 2.27. The summed E-state index contributed by atoms with van der Waals surface area (Å²) in [7, 11) is 0. The Morgan fingerprint density at radius 1 is 1.09 bits per heavy atom. The zero-order valence-corrected chi connectivity index (χ0v) is 21.7. The van der Waals surface area contributed by atoms with Crippen molar-refractivity contribution in [3.63, 3.8) is 0 Å². The Hall–Kier alpha value is -3.38. The second-order valence-electron chi connectivity index (χ2n) is 9.96. The fraction of sp³-hybridized carbons (Fsp3) is 0.321. The Balaban J connectivity index is 1.81. The molecule has 0 aliphatic rings. The molecule has 0 atom stereocenters. The van der Waals surface area contributed by atoms with Crippen LogP contribution in [-0.2, 0) is 15.0 Å². The molecule has 0 saturated carbocycles. The lowest BCUT2D eigenvalue weighted by Crippen LogP contribution is -2.39. The SMILES string of the molecule is CC(C)CN(CC(=O)Nc1cc(C(C)(C)C)nn1-c1ccc(Cl)cc1)C(=O)C=Cc1ccccc1. The first-order valence-electron chi connectivity index (χ1n) is 11.7. The highest BCUT2D eigenvalue weighted by atomic mass is 35.5. The van der Waals surface area contributed by atoms with Crippen molar-refractivity contribution in [2.45, 2.75) is 40.0 Å². The predicted molar refractivity (Wildman–Crippen MR) is 143 cm³/mol. The number of hydrogen-bond donors (Lipinski definition) is 1. The molecule has 0 aliphatic carbocycles. The molecule has 0 bridgehead atoms. The van der Waals surface area contributed by atoms with Gasteiger partial charge in [-0.15, -0.1) is 0 Å². The van der Waals surface area contributed by atoms with E-state index >= 15 is 0 Å². The highest BCUT2D eigenvalue weighted by Gasteiger charge is 2.23. The molecule has 1 N–H and O–H groups in total. The van der Waals surface area contributed by atoms with Crippen LogP contribution in [0.5, 0.6) is 0 Å². The number of anilines is 1. The average molecular weight is 493 g/mol. The zero-order chi connectivity index (χ0) is 25.6. The van der Waals surface area contributed by atoms with Crippen molar-refractivity contribution in [3.05, 3.63) is 83.0 Å². The number of carbonyl (C=O) groups is 2. The van der Waals surface area contributed by atoms with Crippen molar-refractivity contribution in [1.29, 1.82) is 0 Å². The second-order valence-corrected chi connectivity index (χ2v) is 10.4. The van der Waals surface area contributed by atoms with E-state index in [1.165, 1.54) is 6.08 Å². The Morgan fingerprint density at radius 2 is 1.74 bits per heavy atom. The molecule has 2 aromatic carbocycles. The molecular formula is C28H33ClN4O2. The molecule has 2 amide bonds. The van der Waals surface area contributed by atoms with Crippen LogP contribution < -0.4 is 5.32 Å². The van der Waals surface area contributed by atoms with Crippen molar-refractivity contribution < 1.29 is 9.59 Å². The number of nitrogens with one attached hydrogen (secondary N) is 1. The van der Waals surface area contributed by atoms with Gasteiger partial charge in [-0.2, -0.15) is 5.10 Å². The predicted octanol–water partition coefficient (Wildman–Crippen LogP) is 5.96. The highest BCUT2D eigenvalue weighted by molar-refractivity contribution is 6.30. The van der Waals surface area contributed by atoms with Crippen molar-refractivity contribution in [1.82, 2.24) is 14.7 Å². The van der Waals surface area contributed by atoms with E-state index in [0.717, 1.165) is 16.9 Å². The molecule has 1 heterocycles. The maximum Gasteiger partial charge on any atom is 0.247 e. The Bertz CT molecular complexity index is 1180. The molecule has 0 unspecified atom stereocenters. The Labute approximate surface area is 212 Å². The molecule has 0 fully saturated rings. The van der Waals surface area contributed by atoms with Crippen LogP contribution in [0.3, 0.4) is 0 Å². The van der Waals surface area contributed by atoms with Crippen LogP contribution in [0.15, 0.2) is 66.7 Å². The summed E-state index contributed by atoms with van der Waals surface area (Å²) in [5.74, 6) is 0.255. The topological polar surface area (TPSA) is 67.2 Å². The Morgan fingerprint density at radius 3 is 2.34 bits per heavy atom. The van der Waals surface area contributed by atoms with Gasteiger partial charge in [0.05, 0.1) is 11.4 Å². The van der Waals surface area contributed by atoms with Crippen LogP contribution in [0.2, 0.25) is 5.02 Å². The van der Waals surface area contributed by atoms with Crippen LogP contribution in [-0.4, -0.2) is 39.6 Å². The number of halogens is 1. The minimum atomic E-state index is -0.289. The van der Waals surface area contributed by atoms with Gasteiger partial charge in [0, 0.05) is 29.1 Å². The summed E-state index contributed by atoms with van der Waals surface area (Å²) >= 11 is 6.05. The second kappa shape index (κ2) is 11.4. The van der Waals surface area contributed by atoms with E-state index in [0.29, 0.717) is 17.4 Å². The van der Waals surface area contributed by atoms with Crippen LogP contribution in [0, 0.1) is 5.92 Å². The molecule has 1 aromatic heterocycles. The molecule has 0 aliphatic heterocycles.